The van der Waals surface area contributed by atoms with Gasteiger partial charge in [-0.05, 0) is 68.8 Å². The Kier molecular flexibility index (Phi) is 8.84. The van der Waals surface area contributed by atoms with Crippen LogP contribution in [0, 0.1) is 25.2 Å². The van der Waals surface area contributed by atoms with Crippen LogP contribution in [0.15, 0.2) is 66.2 Å². The summed E-state index contributed by atoms with van der Waals surface area (Å²) in [6, 6.07) is 19.6. The number of nitrogens with one attached hydrogen (secondary N) is 1. The second kappa shape index (κ2) is 12.2. The first-order valence-electron chi connectivity index (χ1n) is 11.4. The number of hydrogen-bond donors (Lipinski definition) is 1. The van der Waals surface area contributed by atoms with E-state index >= 15 is 0 Å². The molecule has 0 saturated heterocycles. The summed E-state index contributed by atoms with van der Waals surface area (Å²) < 4.78 is 16.3. The summed E-state index contributed by atoms with van der Waals surface area (Å²) >= 11 is 0. The molecule has 0 saturated carbocycles. The van der Waals surface area contributed by atoms with Crippen LogP contribution >= 0.6 is 0 Å². The number of nitriles is 1. The maximum Gasteiger partial charge on any atom is 0.338 e. The van der Waals surface area contributed by atoms with Gasteiger partial charge in [-0.2, -0.15) is 5.26 Å². The number of carbonyl (C=O) groups excluding carboxylic acids is 2. The highest BCUT2D eigenvalue weighted by atomic mass is 16.5. The predicted octanol–water partition coefficient (Wildman–Crippen LogP) is 5.61. The average Bonchev–Trinajstić information content (AvgIpc) is 2.86. The molecule has 0 unspecified atom stereocenters. The van der Waals surface area contributed by atoms with Crippen LogP contribution in [0.25, 0.3) is 6.08 Å². The van der Waals surface area contributed by atoms with E-state index in [2.05, 4.69) is 11.4 Å². The molecule has 0 aliphatic heterocycles. The summed E-state index contributed by atoms with van der Waals surface area (Å²) in [5.41, 5.74) is 4.55. The summed E-state index contributed by atoms with van der Waals surface area (Å²) in [5.74, 6) is 0.0402. The maximum absolute atomic E-state index is 12.8. The third-order valence-corrected chi connectivity index (χ3v) is 5.22. The highest BCUT2D eigenvalue weighted by Crippen LogP contribution is 2.28. The Morgan fingerprint density at radius 3 is 2.31 bits per heavy atom. The molecule has 3 aromatic rings. The summed E-state index contributed by atoms with van der Waals surface area (Å²) in [4.78, 5) is 24.6. The van der Waals surface area contributed by atoms with Gasteiger partial charge in [0.2, 0.25) is 0 Å². The Morgan fingerprint density at radius 2 is 1.69 bits per heavy atom. The topological polar surface area (TPSA) is 97.7 Å². The van der Waals surface area contributed by atoms with Crippen LogP contribution < -0.4 is 14.8 Å². The van der Waals surface area contributed by atoms with Gasteiger partial charge in [0.1, 0.15) is 29.7 Å². The monoisotopic (exact) mass is 484 g/mol. The fourth-order valence-corrected chi connectivity index (χ4v) is 3.61. The van der Waals surface area contributed by atoms with Gasteiger partial charge in [-0.25, -0.2) is 4.79 Å². The van der Waals surface area contributed by atoms with Crippen molar-refractivity contribution in [1.82, 2.24) is 0 Å². The van der Waals surface area contributed by atoms with E-state index in [1.807, 2.05) is 32.0 Å². The van der Waals surface area contributed by atoms with Crippen molar-refractivity contribution >= 4 is 23.6 Å². The van der Waals surface area contributed by atoms with Gasteiger partial charge in [0.15, 0.2) is 0 Å². The largest absolute Gasteiger partial charge is 0.497 e. The Morgan fingerprint density at radius 1 is 1.00 bits per heavy atom. The lowest BCUT2D eigenvalue weighted by molar-refractivity contribution is -0.112. The second-order valence-corrected chi connectivity index (χ2v) is 8.11. The molecule has 7 nitrogen and oxygen atoms in total. The number of benzene rings is 3. The van der Waals surface area contributed by atoms with E-state index in [0.717, 1.165) is 16.7 Å². The molecular weight excluding hydrogens is 456 g/mol. The van der Waals surface area contributed by atoms with Gasteiger partial charge in [0, 0.05) is 17.3 Å². The number of amides is 1. The molecule has 1 N–H and O–H groups in total. The molecule has 3 aromatic carbocycles. The number of nitrogens with zero attached hydrogens (tertiary/aromatic N) is 1. The first-order valence-corrected chi connectivity index (χ1v) is 11.4. The number of methoxy groups -OCH3 is 1. The molecule has 0 aromatic heterocycles. The zero-order chi connectivity index (χ0) is 26.1. The van der Waals surface area contributed by atoms with E-state index in [1.54, 1.807) is 56.5 Å². The third-order valence-electron chi connectivity index (χ3n) is 5.22. The molecule has 184 valence electrons. The van der Waals surface area contributed by atoms with Crippen LogP contribution in [0.3, 0.4) is 0 Å². The van der Waals surface area contributed by atoms with Crippen molar-refractivity contribution in [2.45, 2.75) is 27.4 Å². The molecule has 3 rings (SSSR count). The van der Waals surface area contributed by atoms with Crippen LogP contribution in [-0.4, -0.2) is 25.6 Å². The number of carbonyl (C=O) groups is 2. The van der Waals surface area contributed by atoms with E-state index in [9.17, 15) is 14.9 Å². The van der Waals surface area contributed by atoms with Crippen molar-refractivity contribution in [3.8, 4) is 17.6 Å². The zero-order valence-electron chi connectivity index (χ0n) is 20.8. The lowest BCUT2D eigenvalue weighted by atomic mass is 10.1. The van der Waals surface area contributed by atoms with Crippen molar-refractivity contribution in [2.75, 3.05) is 19.0 Å². The highest BCUT2D eigenvalue weighted by Gasteiger charge is 2.13. The van der Waals surface area contributed by atoms with Crippen LogP contribution in [-0.2, 0) is 16.1 Å². The molecule has 1 amide bonds. The lowest BCUT2D eigenvalue weighted by Crippen LogP contribution is -2.14. The van der Waals surface area contributed by atoms with E-state index in [-0.39, 0.29) is 12.2 Å². The number of aryl methyl sites for hydroxylation is 2. The minimum atomic E-state index is -0.586. The summed E-state index contributed by atoms with van der Waals surface area (Å²) in [5, 5.41) is 12.3. The van der Waals surface area contributed by atoms with Gasteiger partial charge >= 0.3 is 5.97 Å². The number of ether oxygens (including phenoxy) is 3. The van der Waals surface area contributed by atoms with Crippen molar-refractivity contribution in [3.63, 3.8) is 0 Å². The van der Waals surface area contributed by atoms with Gasteiger partial charge in [0.25, 0.3) is 5.91 Å². The van der Waals surface area contributed by atoms with Crippen LogP contribution in [0.4, 0.5) is 5.69 Å². The number of esters is 1. The van der Waals surface area contributed by atoms with Gasteiger partial charge in [-0.15, -0.1) is 0 Å². The molecule has 0 bridgehead atoms. The first kappa shape index (κ1) is 26.0. The summed E-state index contributed by atoms with van der Waals surface area (Å²) in [7, 11) is 1.56. The highest BCUT2D eigenvalue weighted by molar-refractivity contribution is 6.10. The molecular formula is C29H28N2O5. The van der Waals surface area contributed by atoms with Crippen molar-refractivity contribution in [3.05, 3.63) is 94.1 Å². The SMILES string of the molecule is CCOC(=O)c1ccc(NC(=O)/C(C#N)=C/c2ccc(OC)cc2OCc2cc(C)cc(C)c2)cc1. The van der Waals surface area contributed by atoms with Crippen molar-refractivity contribution in [2.24, 2.45) is 0 Å². The lowest BCUT2D eigenvalue weighted by Gasteiger charge is -2.13. The number of hydrogen-bond acceptors (Lipinski definition) is 6. The Balaban J connectivity index is 1.81. The number of rotatable bonds is 9. The molecule has 0 aliphatic rings. The predicted molar refractivity (Wildman–Crippen MR) is 138 cm³/mol. The van der Waals surface area contributed by atoms with E-state index in [0.29, 0.717) is 34.9 Å². The minimum Gasteiger partial charge on any atom is -0.497 e. The van der Waals surface area contributed by atoms with Crippen LogP contribution in [0.2, 0.25) is 0 Å². The summed E-state index contributed by atoms with van der Waals surface area (Å²) in [6.07, 6.45) is 1.47. The summed E-state index contributed by atoms with van der Waals surface area (Å²) in [6.45, 7) is 6.37. The van der Waals surface area contributed by atoms with Gasteiger partial charge in [0.05, 0.1) is 19.3 Å². The minimum absolute atomic E-state index is 0.106. The molecule has 0 aliphatic carbocycles. The normalized spacial score (nSPS) is 10.8. The quantitative estimate of drug-likeness (QED) is 0.241. The van der Waals surface area contributed by atoms with Gasteiger partial charge in [-0.3, -0.25) is 4.79 Å². The first-order chi connectivity index (χ1) is 17.3. The molecule has 7 heteroatoms. The van der Waals surface area contributed by atoms with Crippen molar-refractivity contribution < 1.29 is 23.8 Å². The standard InChI is InChI=1S/C29H28N2O5/c1-5-35-29(33)22-6-9-25(10-7-22)31-28(32)24(17-30)15-23-8-11-26(34-4)16-27(23)36-18-21-13-19(2)12-20(3)14-21/h6-16H,5,18H2,1-4H3,(H,31,32)/b24-15+. The Hall–Kier alpha value is -4.57. The van der Waals surface area contributed by atoms with E-state index in [1.165, 1.54) is 6.08 Å². The third kappa shape index (κ3) is 6.97. The molecule has 0 fully saturated rings. The zero-order valence-corrected chi connectivity index (χ0v) is 20.8. The second-order valence-electron chi connectivity index (χ2n) is 8.11. The van der Waals surface area contributed by atoms with E-state index < -0.39 is 11.9 Å². The molecule has 36 heavy (non-hydrogen) atoms. The smallest absolute Gasteiger partial charge is 0.338 e. The van der Waals surface area contributed by atoms with Gasteiger partial charge < -0.3 is 19.5 Å². The Bertz CT molecular complexity index is 1300. The van der Waals surface area contributed by atoms with Crippen LogP contribution in [0.1, 0.15) is 39.5 Å². The van der Waals surface area contributed by atoms with Crippen molar-refractivity contribution in [1.29, 1.82) is 5.26 Å². The fraction of sp³-hybridized carbons (Fsp3) is 0.207. The van der Waals surface area contributed by atoms with E-state index in [4.69, 9.17) is 14.2 Å². The van der Waals surface area contributed by atoms with Gasteiger partial charge in [-0.1, -0.05) is 29.3 Å². The maximum atomic E-state index is 12.8. The molecule has 0 spiro atoms. The molecule has 0 atom stereocenters. The number of anilines is 1. The average molecular weight is 485 g/mol. The molecule has 0 heterocycles. The fourth-order valence-electron chi connectivity index (χ4n) is 3.61. The Labute approximate surface area is 210 Å². The molecule has 0 radical (unpaired) electrons. The van der Waals surface area contributed by atoms with Crippen LogP contribution in [0.5, 0.6) is 11.5 Å².